The van der Waals surface area contributed by atoms with Gasteiger partial charge in [-0.15, -0.1) is 11.3 Å². The molecule has 178 valence electrons. The summed E-state index contributed by atoms with van der Waals surface area (Å²) in [6, 6.07) is 14.4. The third-order valence-corrected chi connectivity index (χ3v) is 6.95. The Morgan fingerprint density at radius 3 is 2.34 bits per heavy atom. The molecular formula is C25H21FN4O4S. The van der Waals surface area contributed by atoms with Gasteiger partial charge in [-0.25, -0.2) is 9.18 Å². The summed E-state index contributed by atoms with van der Waals surface area (Å²) in [7, 11) is 0. The molecule has 5 rings (SSSR count). The van der Waals surface area contributed by atoms with Gasteiger partial charge in [0.15, 0.2) is 0 Å². The summed E-state index contributed by atoms with van der Waals surface area (Å²) < 4.78 is 16.0. The van der Waals surface area contributed by atoms with Crippen molar-refractivity contribution in [3.05, 3.63) is 103 Å². The van der Waals surface area contributed by atoms with Gasteiger partial charge in [-0.3, -0.25) is 23.9 Å². The van der Waals surface area contributed by atoms with Gasteiger partial charge in [-0.05, 0) is 41.3 Å². The molecule has 1 aliphatic rings. The monoisotopic (exact) mass is 492 g/mol. The molecule has 10 heteroatoms. The van der Waals surface area contributed by atoms with Crippen LogP contribution in [-0.2, 0) is 6.54 Å². The minimum absolute atomic E-state index is 0.0553. The van der Waals surface area contributed by atoms with Gasteiger partial charge in [0.1, 0.15) is 5.82 Å². The minimum Gasteiger partial charge on any atom is -0.335 e. The van der Waals surface area contributed by atoms with Crippen molar-refractivity contribution >= 4 is 34.1 Å². The van der Waals surface area contributed by atoms with Gasteiger partial charge < -0.3 is 9.80 Å². The Balaban J connectivity index is 1.36. The van der Waals surface area contributed by atoms with E-state index in [0.717, 1.165) is 0 Å². The van der Waals surface area contributed by atoms with E-state index in [2.05, 4.69) is 4.98 Å². The average molecular weight is 493 g/mol. The molecule has 2 aromatic carbocycles. The topological polar surface area (TPSA) is 95.5 Å². The Morgan fingerprint density at radius 2 is 1.63 bits per heavy atom. The smallest absolute Gasteiger partial charge is 0.329 e. The van der Waals surface area contributed by atoms with E-state index < -0.39 is 23.0 Å². The molecule has 2 aromatic heterocycles. The number of piperazine rings is 1. The van der Waals surface area contributed by atoms with Crippen LogP contribution in [0.25, 0.3) is 10.9 Å². The minimum atomic E-state index is -0.658. The van der Waals surface area contributed by atoms with Gasteiger partial charge in [0.2, 0.25) is 0 Å². The maximum atomic E-state index is 14.7. The third-order valence-electron chi connectivity index (χ3n) is 6.09. The number of aromatic amines is 1. The molecule has 1 fully saturated rings. The Hall–Kier alpha value is -4.05. The number of fused-ring (bicyclic) bond motifs is 1. The van der Waals surface area contributed by atoms with Crippen LogP contribution in [-0.4, -0.2) is 57.3 Å². The number of carbonyl (C=O) groups is 2. The average Bonchev–Trinajstić information content (AvgIpc) is 3.42. The zero-order valence-corrected chi connectivity index (χ0v) is 19.4. The number of para-hydroxylation sites is 1. The normalized spacial score (nSPS) is 13.9. The van der Waals surface area contributed by atoms with Crippen LogP contribution in [0.5, 0.6) is 0 Å². The molecular weight excluding hydrogens is 471 g/mol. The highest BCUT2D eigenvalue weighted by Gasteiger charge is 2.27. The molecule has 3 heterocycles. The predicted octanol–water partition coefficient (Wildman–Crippen LogP) is 2.54. The first-order valence-electron chi connectivity index (χ1n) is 11.0. The molecule has 1 aliphatic heterocycles. The number of carbonyl (C=O) groups excluding carboxylic acids is 2. The van der Waals surface area contributed by atoms with Gasteiger partial charge in [-0.1, -0.05) is 24.3 Å². The molecule has 0 atom stereocenters. The van der Waals surface area contributed by atoms with Crippen LogP contribution in [0.4, 0.5) is 4.39 Å². The predicted molar refractivity (Wildman–Crippen MR) is 130 cm³/mol. The Labute approximate surface area is 202 Å². The number of nitrogens with one attached hydrogen (secondary N) is 1. The maximum Gasteiger partial charge on any atom is 0.329 e. The lowest BCUT2D eigenvalue weighted by atomic mass is 10.1. The second-order valence-corrected chi connectivity index (χ2v) is 9.19. The fourth-order valence-electron chi connectivity index (χ4n) is 4.26. The van der Waals surface area contributed by atoms with Crippen LogP contribution in [0.1, 0.15) is 25.6 Å². The van der Waals surface area contributed by atoms with Crippen molar-refractivity contribution in [2.45, 2.75) is 6.54 Å². The molecule has 0 spiro atoms. The standard InChI is InChI=1S/C25H21FN4O4S/c26-19-8-7-16(15-30-20-5-2-1-4-17(20)22(31)27-25(30)34)14-18(19)23(32)28-9-11-29(12-10-28)24(33)21-6-3-13-35-21/h1-8,13-14H,9-12,15H2,(H,27,31,34). The lowest BCUT2D eigenvalue weighted by Gasteiger charge is -2.34. The summed E-state index contributed by atoms with van der Waals surface area (Å²) >= 11 is 1.37. The fourth-order valence-corrected chi connectivity index (χ4v) is 4.95. The van der Waals surface area contributed by atoms with Crippen LogP contribution < -0.4 is 11.2 Å². The lowest BCUT2D eigenvalue weighted by Crippen LogP contribution is -2.50. The molecule has 0 aliphatic carbocycles. The molecule has 0 bridgehead atoms. The number of halogens is 1. The van der Waals surface area contributed by atoms with Gasteiger partial charge >= 0.3 is 5.69 Å². The SMILES string of the molecule is O=C(c1cccs1)N1CCN(C(=O)c2cc(Cn3c(=O)[nH]c(=O)c4ccccc43)ccc2F)CC1. The van der Waals surface area contributed by atoms with Crippen molar-refractivity contribution < 1.29 is 14.0 Å². The highest BCUT2D eigenvalue weighted by Crippen LogP contribution is 2.18. The fraction of sp³-hybridized carbons (Fsp3) is 0.200. The third kappa shape index (κ3) is 4.40. The van der Waals surface area contributed by atoms with Gasteiger partial charge in [0.25, 0.3) is 17.4 Å². The number of hydrogen-bond acceptors (Lipinski definition) is 5. The largest absolute Gasteiger partial charge is 0.335 e. The maximum absolute atomic E-state index is 14.7. The molecule has 0 radical (unpaired) electrons. The number of H-pyrrole nitrogens is 1. The summed E-state index contributed by atoms with van der Waals surface area (Å²) in [5.41, 5.74) is -0.168. The molecule has 4 aromatic rings. The van der Waals surface area contributed by atoms with E-state index >= 15 is 0 Å². The zero-order valence-electron chi connectivity index (χ0n) is 18.6. The van der Waals surface area contributed by atoms with Gasteiger partial charge in [0.05, 0.1) is 27.9 Å². The lowest BCUT2D eigenvalue weighted by molar-refractivity contribution is 0.0535. The first-order valence-corrected chi connectivity index (χ1v) is 11.9. The van der Waals surface area contributed by atoms with E-state index in [0.29, 0.717) is 47.5 Å². The van der Waals surface area contributed by atoms with Crippen molar-refractivity contribution in [3.63, 3.8) is 0 Å². The second kappa shape index (κ2) is 9.30. The number of thiophene rings is 1. The number of benzene rings is 2. The molecule has 35 heavy (non-hydrogen) atoms. The van der Waals surface area contributed by atoms with E-state index in [9.17, 15) is 23.6 Å². The molecule has 0 unspecified atom stereocenters. The summed E-state index contributed by atoms with van der Waals surface area (Å²) in [5.74, 6) is -1.19. The van der Waals surface area contributed by atoms with Crippen molar-refractivity contribution in [2.24, 2.45) is 0 Å². The quantitative estimate of drug-likeness (QED) is 0.474. The van der Waals surface area contributed by atoms with Crippen LogP contribution in [0.2, 0.25) is 0 Å². The van der Waals surface area contributed by atoms with Crippen LogP contribution in [0.15, 0.2) is 69.6 Å². The van der Waals surface area contributed by atoms with E-state index in [1.165, 1.54) is 39.0 Å². The molecule has 1 N–H and O–H groups in total. The van der Waals surface area contributed by atoms with Crippen molar-refractivity contribution in [1.29, 1.82) is 0 Å². The molecule has 8 nitrogen and oxygen atoms in total. The van der Waals surface area contributed by atoms with Crippen molar-refractivity contribution in [3.8, 4) is 0 Å². The highest BCUT2D eigenvalue weighted by atomic mass is 32.1. The summed E-state index contributed by atoms with van der Waals surface area (Å²) in [4.78, 5) is 56.4. The van der Waals surface area contributed by atoms with Crippen molar-refractivity contribution in [2.75, 3.05) is 26.2 Å². The van der Waals surface area contributed by atoms with Crippen LogP contribution in [0, 0.1) is 5.82 Å². The number of amides is 2. The van der Waals surface area contributed by atoms with E-state index in [-0.39, 0.29) is 18.0 Å². The van der Waals surface area contributed by atoms with Crippen LogP contribution >= 0.6 is 11.3 Å². The van der Waals surface area contributed by atoms with E-state index in [1.807, 2.05) is 11.4 Å². The van der Waals surface area contributed by atoms with Gasteiger partial charge in [0, 0.05) is 26.2 Å². The highest BCUT2D eigenvalue weighted by molar-refractivity contribution is 7.12. The first-order chi connectivity index (χ1) is 16.9. The number of rotatable bonds is 4. The van der Waals surface area contributed by atoms with E-state index in [4.69, 9.17) is 0 Å². The Kier molecular flexibility index (Phi) is 6.04. The summed E-state index contributed by atoms with van der Waals surface area (Å²) in [6.07, 6.45) is 0. The van der Waals surface area contributed by atoms with Gasteiger partial charge in [-0.2, -0.15) is 0 Å². The molecule has 0 saturated carbocycles. The summed E-state index contributed by atoms with van der Waals surface area (Å²) in [6.45, 7) is 1.37. The van der Waals surface area contributed by atoms with Crippen molar-refractivity contribution in [1.82, 2.24) is 19.4 Å². The second-order valence-electron chi connectivity index (χ2n) is 8.24. The van der Waals surface area contributed by atoms with E-state index in [1.54, 1.807) is 35.2 Å². The van der Waals surface area contributed by atoms with Crippen LogP contribution in [0.3, 0.4) is 0 Å². The number of nitrogens with zero attached hydrogens (tertiary/aromatic N) is 3. The first kappa shape index (κ1) is 22.7. The molecule has 1 saturated heterocycles. The Bertz CT molecular complexity index is 1540. The summed E-state index contributed by atoms with van der Waals surface area (Å²) in [5, 5.41) is 2.20. The Morgan fingerprint density at radius 1 is 0.914 bits per heavy atom. The zero-order chi connectivity index (χ0) is 24.5. The molecule has 2 amide bonds. The number of aromatic nitrogens is 2. The number of hydrogen-bond donors (Lipinski definition) is 1.